The highest BCUT2D eigenvalue weighted by molar-refractivity contribution is 7.09. The molecule has 1 aliphatic carbocycles. The Hall–Kier alpha value is -1.62. The minimum Gasteiger partial charge on any atom is -0.373 e. The normalized spacial score (nSPS) is 14.3. The van der Waals surface area contributed by atoms with Crippen LogP contribution in [0.15, 0.2) is 23.8 Å². The summed E-state index contributed by atoms with van der Waals surface area (Å²) in [5.41, 5.74) is 1.22. The molecule has 1 aliphatic rings. The van der Waals surface area contributed by atoms with Crippen molar-refractivity contribution in [3.8, 4) is 0 Å². The van der Waals surface area contributed by atoms with Crippen LogP contribution in [0.25, 0.3) is 0 Å². The van der Waals surface area contributed by atoms with Crippen LogP contribution in [-0.4, -0.2) is 23.1 Å². The summed E-state index contributed by atoms with van der Waals surface area (Å²) in [4.78, 5) is 12.8. The van der Waals surface area contributed by atoms with Gasteiger partial charge in [0.1, 0.15) is 18.0 Å². The molecule has 0 bridgehead atoms. The first-order valence-corrected chi connectivity index (χ1v) is 8.02. The molecule has 0 spiro atoms. The van der Waals surface area contributed by atoms with Gasteiger partial charge in [0, 0.05) is 23.5 Å². The minimum absolute atomic E-state index is 0.641. The van der Waals surface area contributed by atoms with Gasteiger partial charge in [-0.1, -0.05) is 13.0 Å². The van der Waals surface area contributed by atoms with Gasteiger partial charge < -0.3 is 10.2 Å². The van der Waals surface area contributed by atoms with Crippen molar-refractivity contribution in [2.24, 2.45) is 0 Å². The van der Waals surface area contributed by atoms with Crippen molar-refractivity contribution in [2.75, 3.05) is 17.3 Å². The molecule has 1 fully saturated rings. The Bertz CT molecular complexity index is 563. The lowest BCUT2D eigenvalue weighted by Gasteiger charge is -2.25. The summed E-state index contributed by atoms with van der Waals surface area (Å²) in [6.45, 7) is 3.12. The van der Waals surface area contributed by atoms with E-state index in [2.05, 4.69) is 44.6 Å². The molecule has 106 valence electrons. The van der Waals surface area contributed by atoms with Crippen LogP contribution >= 0.6 is 11.3 Å². The van der Waals surface area contributed by atoms with Crippen molar-refractivity contribution in [1.29, 1.82) is 0 Å². The van der Waals surface area contributed by atoms with E-state index in [0.717, 1.165) is 24.6 Å². The number of nitrogens with zero attached hydrogens (tertiary/aromatic N) is 3. The molecule has 0 aromatic carbocycles. The fraction of sp³-hybridized carbons (Fsp3) is 0.467. The lowest BCUT2D eigenvalue weighted by atomic mass is 10.2. The Morgan fingerprint density at radius 2 is 2.25 bits per heavy atom. The number of rotatable bonds is 6. The SMILES string of the molecule is CCc1c(NC)ncnc1N(Cc1cccs1)C1CC1. The van der Waals surface area contributed by atoms with Gasteiger partial charge in [-0.2, -0.15) is 0 Å². The summed E-state index contributed by atoms with van der Waals surface area (Å²) in [6, 6.07) is 4.96. The maximum atomic E-state index is 4.58. The van der Waals surface area contributed by atoms with Crippen LogP contribution in [0.1, 0.15) is 30.2 Å². The Morgan fingerprint density at radius 1 is 1.40 bits per heavy atom. The average Bonchev–Trinajstić information content (AvgIpc) is 3.20. The predicted octanol–water partition coefficient (Wildman–Crippen LogP) is 3.31. The Balaban J connectivity index is 1.95. The second kappa shape index (κ2) is 5.79. The van der Waals surface area contributed by atoms with E-state index in [1.807, 2.05) is 18.4 Å². The van der Waals surface area contributed by atoms with Gasteiger partial charge in [0.15, 0.2) is 0 Å². The zero-order valence-electron chi connectivity index (χ0n) is 12.0. The lowest BCUT2D eigenvalue weighted by Crippen LogP contribution is -2.27. The quantitative estimate of drug-likeness (QED) is 0.885. The molecule has 2 aromatic heterocycles. The molecule has 2 heterocycles. The molecule has 5 heteroatoms. The van der Waals surface area contributed by atoms with Crippen molar-refractivity contribution < 1.29 is 0 Å². The van der Waals surface area contributed by atoms with E-state index in [9.17, 15) is 0 Å². The van der Waals surface area contributed by atoms with Gasteiger partial charge in [-0.05, 0) is 30.7 Å². The highest BCUT2D eigenvalue weighted by Gasteiger charge is 2.32. The van der Waals surface area contributed by atoms with Crippen molar-refractivity contribution in [3.63, 3.8) is 0 Å². The second-order valence-corrected chi connectivity index (χ2v) is 6.10. The molecule has 4 nitrogen and oxygen atoms in total. The highest BCUT2D eigenvalue weighted by atomic mass is 32.1. The molecule has 1 N–H and O–H groups in total. The Labute approximate surface area is 123 Å². The third-order valence-electron chi connectivity index (χ3n) is 3.68. The third kappa shape index (κ3) is 2.63. The maximum Gasteiger partial charge on any atom is 0.137 e. The third-order valence-corrected chi connectivity index (χ3v) is 4.54. The fourth-order valence-electron chi connectivity index (χ4n) is 2.53. The topological polar surface area (TPSA) is 41.1 Å². The summed E-state index contributed by atoms with van der Waals surface area (Å²) in [7, 11) is 1.92. The molecule has 0 amide bonds. The van der Waals surface area contributed by atoms with Crippen LogP contribution in [0.2, 0.25) is 0 Å². The number of nitrogens with one attached hydrogen (secondary N) is 1. The van der Waals surface area contributed by atoms with Crippen LogP contribution < -0.4 is 10.2 Å². The molecule has 3 rings (SSSR count). The van der Waals surface area contributed by atoms with Crippen LogP contribution in [0.4, 0.5) is 11.6 Å². The second-order valence-electron chi connectivity index (χ2n) is 5.07. The molecule has 1 saturated carbocycles. The smallest absolute Gasteiger partial charge is 0.137 e. The molecule has 2 aromatic rings. The molecule has 0 radical (unpaired) electrons. The largest absolute Gasteiger partial charge is 0.373 e. The standard InChI is InChI=1S/C15H20N4S/c1-3-13-14(16-2)17-10-18-15(13)19(11-6-7-11)9-12-5-4-8-20-12/h4-5,8,10-11H,3,6-7,9H2,1-2H3,(H,16,17,18). The van der Waals surface area contributed by atoms with Crippen LogP contribution in [-0.2, 0) is 13.0 Å². The first-order chi connectivity index (χ1) is 9.83. The van der Waals surface area contributed by atoms with E-state index in [0.29, 0.717) is 6.04 Å². The number of anilines is 2. The van der Waals surface area contributed by atoms with Gasteiger partial charge in [-0.3, -0.25) is 0 Å². The highest BCUT2D eigenvalue weighted by Crippen LogP contribution is 2.35. The monoisotopic (exact) mass is 288 g/mol. The van der Waals surface area contributed by atoms with E-state index in [1.165, 1.54) is 23.3 Å². The molecule has 0 unspecified atom stereocenters. The molecular formula is C15H20N4S. The zero-order valence-corrected chi connectivity index (χ0v) is 12.8. The van der Waals surface area contributed by atoms with Gasteiger partial charge in [0.05, 0.1) is 6.54 Å². The van der Waals surface area contributed by atoms with Crippen LogP contribution in [0.5, 0.6) is 0 Å². The Morgan fingerprint density at radius 3 is 2.85 bits per heavy atom. The molecular weight excluding hydrogens is 268 g/mol. The summed E-state index contributed by atoms with van der Waals surface area (Å²) in [5, 5.41) is 5.32. The first-order valence-electron chi connectivity index (χ1n) is 7.14. The maximum absolute atomic E-state index is 4.58. The molecule has 20 heavy (non-hydrogen) atoms. The minimum atomic E-state index is 0.641. The van der Waals surface area contributed by atoms with Crippen LogP contribution in [0, 0.1) is 0 Å². The van der Waals surface area contributed by atoms with Crippen molar-refractivity contribution >= 4 is 23.0 Å². The van der Waals surface area contributed by atoms with E-state index in [-0.39, 0.29) is 0 Å². The summed E-state index contributed by atoms with van der Waals surface area (Å²) in [5.74, 6) is 2.05. The van der Waals surface area contributed by atoms with Gasteiger partial charge >= 0.3 is 0 Å². The van der Waals surface area contributed by atoms with Gasteiger partial charge in [0.25, 0.3) is 0 Å². The van der Waals surface area contributed by atoms with E-state index in [4.69, 9.17) is 0 Å². The lowest BCUT2D eigenvalue weighted by molar-refractivity contribution is 0.773. The number of hydrogen-bond acceptors (Lipinski definition) is 5. The average molecular weight is 288 g/mol. The zero-order chi connectivity index (χ0) is 13.9. The van der Waals surface area contributed by atoms with Crippen LogP contribution in [0.3, 0.4) is 0 Å². The van der Waals surface area contributed by atoms with Gasteiger partial charge in [-0.25, -0.2) is 9.97 Å². The number of thiophene rings is 1. The van der Waals surface area contributed by atoms with Gasteiger partial charge in [-0.15, -0.1) is 11.3 Å². The molecule has 0 atom stereocenters. The fourth-order valence-corrected chi connectivity index (χ4v) is 3.23. The van der Waals surface area contributed by atoms with Crippen molar-refractivity contribution in [3.05, 3.63) is 34.3 Å². The van der Waals surface area contributed by atoms with Crippen molar-refractivity contribution in [2.45, 2.75) is 38.8 Å². The number of hydrogen-bond donors (Lipinski definition) is 1. The summed E-state index contributed by atoms with van der Waals surface area (Å²) in [6.07, 6.45) is 5.16. The molecule has 0 aliphatic heterocycles. The first kappa shape index (κ1) is 13.4. The van der Waals surface area contributed by atoms with E-state index < -0.39 is 0 Å². The summed E-state index contributed by atoms with van der Waals surface area (Å²) < 4.78 is 0. The molecule has 0 saturated heterocycles. The van der Waals surface area contributed by atoms with Crippen molar-refractivity contribution in [1.82, 2.24) is 9.97 Å². The van der Waals surface area contributed by atoms with Gasteiger partial charge in [0.2, 0.25) is 0 Å². The Kier molecular flexibility index (Phi) is 3.87. The number of aromatic nitrogens is 2. The predicted molar refractivity (Wildman–Crippen MR) is 84.5 cm³/mol. The van der Waals surface area contributed by atoms with E-state index >= 15 is 0 Å². The van der Waals surface area contributed by atoms with E-state index in [1.54, 1.807) is 6.33 Å². The summed E-state index contributed by atoms with van der Waals surface area (Å²) >= 11 is 1.81.